The zero-order valence-corrected chi connectivity index (χ0v) is 15.9. The zero-order chi connectivity index (χ0) is 20.1. The van der Waals surface area contributed by atoms with E-state index in [4.69, 9.17) is 14.2 Å². The van der Waals surface area contributed by atoms with Crippen LogP contribution < -0.4 is 9.64 Å². The third kappa shape index (κ3) is 3.76. The summed E-state index contributed by atoms with van der Waals surface area (Å²) in [5.41, 5.74) is 2.10. The van der Waals surface area contributed by atoms with Gasteiger partial charge in [-0.25, -0.2) is 9.59 Å². The van der Waals surface area contributed by atoms with Crippen LogP contribution in [0.15, 0.2) is 78.0 Å². The van der Waals surface area contributed by atoms with E-state index < -0.39 is 11.9 Å². The largest absolute Gasteiger partial charge is 0.497 e. The first-order valence-corrected chi connectivity index (χ1v) is 8.67. The highest BCUT2D eigenvalue weighted by atomic mass is 16.5. The Balaban J connectivity index is 2.14. The van der Waals surface area contributed by atoms with Gasteiger partial charge in [-0.3, -0.25) is 0 Å². The van der Waals surface area contributed by atoms with Crippen molar-refractivity contribution in [2.24, 2.45) is 0 Å². The first kappa shape index (κ1) is 19.2. The number of esters is 2. The van der Waals surface area contributed by atoms with Crippen LogP contribution in [0.4, 0.5) is 5.69 Å². The molecule has 28 heavy (non-hydrogen) atoms. The third-order valence-corrected chi connectivity index (χ3v) is 4.50. The molecule has 0 aromatic heterocycles. The minimum Gasteiger partial charge on any atom is -0.497 e. The van der Waals surface area contributed by atoms with Crippen LogP contribution in [0.2, 0.25) is 0 Å². The van der Waals surface area contributed by atoms with Crippen molar-refractivity contribution in [3.63, 3.8) is 0 Å². The number of hydrogen-bond acceptors (Lipinski definition) is 6. The summed E-state index contributed by atoms with van der Waals surface area (Å²) in [7, 11) is 4.16. The molecule has 1 aliphatic heterocycles. The van der Waals surface area contributed by atoms with Gasteiger partial charge >= 0.3 is 11.9 Å². The van der Waals surface area contributed by atoms with Gasteiger partial charge in [0.15, 0.2) is 0 Å². The lowest BCUT2D eigenvalue weighted by molar-refractivity contribution is -0.139. The van der Waals surface area contributed by atoms with E-state index in [0.717, 1.165) is 17.0 Å². The van der Waals surface area contributed by atoms with Gasteiger partial charge in [0.2, 0.25) is 0 Å². The molecule has 0 amide bonds. The first-order valence-electron chi connectivity index (χ1n) is 8.67. The SMILES string of the molecule is COC(=O)C1=CC(c2ccccc2)N(c2ccc(OC)cc2)C=C1C(=O)OC. The molecule has 1 aliphatic rings. The van der Waals surface area contributed by atoms with Gasteiger partial charge < -0.3 is 19.1 Å². The van der Waals surface area contributed by atoms with Crippen LogP contribution >= 0.6 is 0 Å². The molecule has 144 valence electrons. The van der Waals surface area contributed by atoms with Gasteiger partial charge in [0, 0.05) is 11.9 Å². The summed E-state index contributed by atoms with van der Waals surface area (Å²) in [6.45, 7) is 0. The van der Waals surface area contributed by atoms with E-state index in [1.54, 1.807) is 19.4 Å². The van der Waals surface area contributed by atoms with Crippen molar-refractivity contribution in [2.45, 2.75) is 6.04 Å². The van der Waals surface area contributed by atoms with Gasteiger partial charge in [0.05, 0.1) is 38.5 Å². The van der Waals surface area contributed by atoms with Crippen LogP contribution in [-0.2, 0) is 19.1 Å². The van der Waals surface area contributed by atoms with E-state index in [1.807, 2.05) is 59.5 Å². The van der Waals surface area contributed by atoms with Crippen molar-refractivity contribution < 1.29 is 23.8 Å². The molecule has 6 nitrogen and oxygen atoms in total. The summed E-state index contributed by atoms with van der Waals surface area (Å²) < 4.78 is 15.0. The topological polar surface area (TPSA) is 65.1 Å². The number of carbonyl (C=O) groups is 2. The van der Waals surface area contributed by atoms with Crippen molar-refractivity contribution in [3.8, 4) is 5.75 Å². The number of nitrogens with zero attached hydrogens (tertiary/aromatic N) is 1. The standard InChI is InChI=1S/C22H21NO5/c1-26-17-11-9-16(10-12-17)23-14-19(22(25)28-3)18(21(24)27-2)13-20(23)15-7-5-4-6-8-15/h4-14,20H,1-3H3. The van der Waals surface area contributed by atoms with Gasteiger partial charge in [-0.2, -0.15) is 0 Å². The molecule has 0 bridgehead atoms. The van der Waals surface area contributed by atoms with E-state index >= 15 is 0 Å². The second-order valence-corrected chi connectivity index (χ2v) is 6.07. The minimum atomic E-state index is -0.610. The molecule has 2 aromatic rings. The predicted molar refractivity (Wildman–Crippen MR) is 105 cm³/mol. The average Bonchev–Trinajstić information content (AvgIpc) is 2.77. The van der Waals surface area contributed by atoms with Crippen LogP contribution in [0, 0.1) is 0 Å². The molecule has 0 radical (unpaired) electrons. The lowest BCUT2D eigenvalue weighted by Gasteiger charge is -2.33. The molecule has 0 N–H and O–H groups in total. The van der Waals surface area contributed by atoms with E-state index in [-0.39, 0.29) is 17.2 Å². The molecule has 0 aliphatic carbocycles. The van der Waals surface area contributed by atoms with E-state index in [0.29, 0.717) is 0 Å². The normalized spacial score (nSPS) is 16.0. The fourth-order valence-corrected chi connectivity index (χ4v) is 3.07. The molecular formula is C22H21NO5. The van der Waals surface area contributed by atoms with Crippen molar-refractivity contribution in [2.75, 3.05) is 26.2 Å². The van der Waals surface area contributed by atoms with E-state index in [9.17, 15) is 9.59 Å². The lowest BCUT2D eigenvalue weighted by Crippen LogP contribution is -2.30. The van der Waals surface area contributed by atoms with Crippen molar-refractivity contribution in [1.82, 2.24) is 0 Å². The molecule has 1 atom stereocenters. The van der Waals surface area contributed by atoms with E-state index in [2.05, 4.69) is 0 Å². The molecule has 0 fully saturated rings. The van der Waals surface area contributed by atoms with Crippen LogP contribution in [0.1, 0.15) is 11.6 Å². The Morgan fingerprint density at radius 3 is 2.00 bits per heavy atom. The maximum atomic E-state index is 12.3. The highest BCUT2D eigenvalue weighted by Crippen LogP contribution is 2.36. The molecule has 0 saturated carbocycles. The molecule has 2 aromatic carbocycles. The molecule has 1 unspecified atom stereocenters. The van der Waals surface area contributed by atoms with Crippen molar-refractivity contribution in [3.05, 3.63) is 83.6 Å². The molecule has 6 heteroatoms. The maximum Gasteiger partial charge on any atom is 0.340 e. The Bertz CT molecular complexity index is 916. The number of methoxy groups -OCH3 is 3. The fourth-order valence-electron chi connectivity index (χ4n) is 3.07. The number of hydrogen-bond donors (Lipinski definition) is 0. The summed E-state index contributed by atoms with van der Waals surface area (Å²) in [6, 6.07) is 16.8. The second-order valence-electron chi connectivity index (χ2n) is 6.07. The lowest BCUT2D eigenvalue weighted by atomic mass is 9.94. The van der Waals surface area contributed by atoms with Gasteiger partial charge in [0.25, 0.3) is 0 Å². The number of ether oxygens (including phenoxy) is 3. The highest BCUT2D eigenvalue weighted by molar-refractivity contribution is 6.08. The average molecular weight is 379 g/mol. The van der Waals surface area contributed by atoms with Gasteiger partial charge in [-0.15, -0.1) is 0 Å². The van der Waals surface area contributed by atoms with Crippen LogP contribution in [-0.4, -0.2) is 33.3 Å². The first-order chi connectivity index (χ1) is 13.6. The van der Waals surface area contributed by atoms with Gasteiger partial charge in [-0.1, -0.05) is 30.3 Å². The number of carbonyl (C=O) groups excluding carboxylic acids is 2. The van der Waals surface area contributed by atoms with Gasteiger partial charge in [0.1, 0.15) is 5.75 Å². The second kappa shape index (κ2) is 8.43. The summed E-state index contributed by atoms with van der Waals surface area (Å²) in [6.07, 6.45) is 3.34. The van der Waals surface area contributed by atoms with Gasteiger partial charge in [-0.05, 0) is 35.9 Å². The quantitative estimate of drug-likeness (QED) is 0.742. The van der Waals surface area contributed by atoms with Crippen molar-refractivity contribution in [1.29, 1.82) is 0 Å². The number of anilines is 1. The van der Waals surface area contributed by atoms with Crippen molar-refractivity contribution >= 4 is 17.6 Å². The molecule has 0 spiro atoms. The zero-order valence-electron chi connectivity index (χ0n) is 15.9. The van der Waals surface area contributed by atoms with Crippen LogP contribution in [0.25, 0.3) is 0 Å². The Hall–Kier alpha value is -3.54. The smallest absolute Gasteiger partial charge is 0.340 e. The Kier molecular flexibility index (Phi) is 5.79. The summed E-state index contributed by atoms with van der Waals surface area (Å²) >= 11 is 0. The van der Waals surface area contributed by atoms with E-state index in [1.165, 1.54) is 14.2 Å². The molecule has 0 saturated heterocycles. The monoisotopic (exact) mass is 379 g/mol. The summed E-state index contributed by atoms with van der Waals surface area (Å²) in [5.74, 6) is -0.478. The Morgan fingerprint density at radius 2 is 1.43 bits per heavy atom. The molecular weight excluding hydrogens is 358 g/mol. The number of benzene rings is 2. The maximum absolute atomic E-state index is 12.3. The molecule has 3 rings (SSSR count). The fraction of sp³-hybridized carbons (Fsp3) is 0.182. The predicted octanol–water partition coefficient (Wildman–Crippen LogP) is 3.41. The summed E-state index contributed by atoms with van der Waals surface area (Å²) in [5, 5.41) is 0. The number of rotatable bonds is 5. The summed E-state index contributed by atoms with van der Waals surface area (Å²) in [4.78, 5) is 26.6. The minimum absolute atomic E-state index is 0.136. The Labute approximate surface area is 163 Å². The third-order valence-electron chi connectivity index (χ3n) is 4.50. The molecule has 1 heterocycles. The van der Waals surface area contributed by atoms with Crippen LogP contribution in [0.5, 0.6) is 5.75 Å². The Morgan fingerprint density at radius 1 is 0.821 bits per heavy atom. The highest BCUT2D eigenvalue weighted by Gasteiger charge is 2.32. The van der Waals surface area contributed by atoms with Crippen LogP contribution in [0.3, 0.4) is 0 Å².